The number of anilines is 3. The van der Waals surface area contributed by atoms with Crippen molar-refractivity contribution in [1.29, 1.82) is 0 Å². The Morgan fingerprint density at radius 1 is 0.388 bits per heavy atom. The summed E-state index contributed by atoms with van der Waals surface area (Å²) in [5, 5.41) is 7.02. The van der Waals surface area contributed by atoms with Crippen molar-refractivity contribution < 1.29 is 4.42 Å². The third-order valence-corrected chi connectivity index (χ3v) is 9.77. The Bertz CT molecular complexity index is 2810. The fourth-order valence-electron chi connectivity index (χ4n) is 7.47. The van der Waals surface area contributed by atoms with Gasteiger partial charge in [0.1, 0.15) is 11.2 Å². The Morgan fingerprint density at radius 3 is 1.80 bits per heavy atom. The van der Waals surface area contributed by atoms with Gasteiger partial charge in [0.05, 0.1) is 11.0 Å². The van der Waals surface area contributed by atoms with Crippen LogP contribution in [0, 0.1) is 0 Å². The van der Waals surface area contributed by atoms with Crippen LogP contribution in [0.25, 0.3) is 71.3 Å². The molecule has 2 aromatic heterocycles. The molecule has 0 bridgehead atoms. The van der Waals surface area contributed by atoms with Gasteiger partial charge in [-0.05, 0) is 77.2 Å². The minimum atomic E-state index is 0.870. The van der Waals surface area contributed by atoms with Gasteiger partial charge >= 0.3 is 0 Å². The zero-order chi connectivity index (χ0) is 32.3. The molecule has 0 aliphatic heterocycles. The van der Waals surface area contributed by atoms with Crippen LogP contribution in [0.4, 0.5) is 17.1 Å². The summed E-state index contributed by atoms with van der Waals surface area (Å²) in [4.78, 5) is 2.34. The summed E-state index contributed by atoms with van der Waals surface area (Å²) in [6.45, 7) is 0. The molecule has 0 saturated heterocycles. The van der Waals surface area contributed by atoms with Gasteiger partial charge in [0.15, 0.2) is 0 Å². The normalized spacial score (nSPS) is 11.7. The molecule has 0 radical (unpaired) electrons. The van der Waals surface area contributed by atoms with Gasteiger partial charge in [-0.2, -0.15) is 0 Å². The molecule has 8 aromatic carbocycles. The highest BCUT2D eigenvalue weighted by atomic mass is 16.3. The van der Waals surface area contributed by atoms with Crippen molar-refractivity contribution in [3.05, 3.63) is 182 Å². The average molecular weight is 627 g/mol. The topological polar surface area (TPSA) is 21.3 Å². The van der Waals surface area contributed by atoms with Crippen LogP contribution < -0.4 is 4.90 Å². The summed E-state index contributed by atoms with van der Waals surface area (Å²) < 4.78 is 9.03. The van der Waals surface area contributed by atoms with Crippen LogP contribution in [0.3, 0.4) is 0 Å². The lowest BCUT2D eigenvalue weighted by Gasteiger charge is -2.26. The lowest BCUT2D eigenvalue weighted by molar-refractivity contribution is 0.672. The van der Waals surface area contributed by atoms with Crippen LogP contribution >= 0.6 is 0 Å². The van der Waals surface area contributed by atoms with E-state index in [2.05, 4.69) is 191 Å². The highest BCUT2D eigenvalue weighted by molar-refractivity contribution is 6.15. The first-order chi connectivity index (χ1) is 24.3. The summed E-state index contributed by atoms with van der Waals surface area (Å²) in [7, 11) is 0. The van der Waals surface area contributed by atoms with Crippen molar-refractivity contribution in [3.63, 3.8) is 0 Å². The van der Waals surface area contributed by atoms with Gasteiger partial charge < -0.3 is 13.9 Å². The van der Waals surface area contributed by atoms with Gasteiger partial charge in [-0.1, -0.05) is 115 Å². The summed E-state index contributed by atoms with van der Waals surface area (Å²) in [6.07, 6.45) is 0. The van der Waals surface area contributed by atoms with Crippen LogP contribution in [-0.4, -0.2) is 4.57 Å². The van der Waals surface area contributed by atoms with Crippen molar-refractivity contribution >= 4 is 71.6 Å². The highest BCUT2D eigenvalue weighted by Gasteiger charge is 2.19. The number of para-hydroxylation sites is 2. The van der Waals surface area contributed by atoms with Crippen LogP contribution in [0.5, 0.6) is 0 Å². The van der Waals surface area contributed by atoms with E-state index in [1.165, 1.54) is 32.8 Å². The van der Waals surface area contributed by atoms with Crippen LogP contribution in [-0.2, 0) is 0 Å². The second-order valence-corrected chi connectivity index (χ2v) is 12.6. The summed E-state index contributed by atoms with van der Waals surface area (Å²) in [5.74, 6) is 0. The van der Waals surface area contributed by atoms with Crippen molar-refractivity contribution in [2.45, 2.75) is 0 Å². The molecule has 3 nitrogen and oxygen atoms in total. The number of fused-ring (bicyclic) bond motifs is 8. The molecule has 0 aliphatic carbocycles. The second kappa shape index (κ2) is 11.0. The van der Waals surface area contributed by atoms with E-state index in [0.717, 1.165) is 55.6 Å². The lowest BCUT2D eigenvalue weighted by atomic mass is 10.0. The molecule has 3 heteroatoms. The van der Waals surface area contributed by atoms with Gasteiger partial charge in [-0.25, -0.2) is 0 Å². The van der Waals surface area contributed by atoms with Gasteiger partial charge in [-0.15, -0.1) is 0 Å². The molecule has 0 aliphatic rings. The molecule has 0 saturated carbocycles. The van der Waals surface area contributed by atoms with Crippen molar-refractivity contribution in [2.24, 2.45) is 0 Å². The lowest BCUT2D eigenvalue weighted by Crippen LogP contribution is -2.10. The first-order valence-corrected chi connectivity index (χ1v) is 16.7. The maximum absolute atomic E-state index is 6.66. The van der Waals surface area contributed by atoms with E-state index < -0.39 is 0 Å². The maximum atomic E-state index is 6.66. The minimum Gasteiger partial charge on any atom is -0.455 e. The Balaban J connectivity index is 1.20. The Hall–Kier alpha value is -6.58. The first kappa shape index (κ1) is 27.5. The van der Waals surface area contributed by atoms with E-state index in [1.807, 2.05) is 0 Å². The van der Waals surface area contributed by atoms with Gasteiger partial charge in [0, 0.05) is 55.7 Å². The van der Waals surface area contributed by atoms with E-state index in [-0.39, 0.29) is 0 Å². The summed E-state index contributed by atoms with van der Waals surface area (Å²) in [5.41, 5.74) is 10.8. The number of hydrogen-bond acceptors (Lipinski definition) is 2. The number of benzene rings is 8. The Kier molecular flexibility index (Phi) is 6.18. The zero-order valence-corrected chi connectivity index (χ0v) is 26.6. The van der Waals surface area contributed by atoms with Crippen LogP contribution in [0.15, 0.2) is 186 Å². The third-order valence-electron chi connectivity index (χ3n) is 9.77. The van der Waals surface area contributed by atoms with E-state index in [4.69, 9.17) is 4.42 Å². The largest absolute Gasteiger partial charge is 0.455 e. The molecule has 0 N–H and O–H groups in total. The predicted molar refractivity (Wildman–Crippen MR) is 206 cm³/mol. The molecular weight excluding hydrogens is 597 g/mol. The number of furan rings is 1. The molecule has 230 valence electrons. The molecule has 0 spiro atoms. The molecule has 2 heterocycles. The molecule has 0 unspecified atom stereocenters. The summed E-state index contributed by atoms with van der Waals surface area (Å²) >= 11 is 0. The second-order valence-electron chi connectivity index (χ2n) is 12.6. The van der Waals surface area contributed by atoms with E-state index >= 15 is 0 Å². The average Bonchev–Trinajstić information content (AvgIpc) is 3.71. The van der Waals surface area contributed by atoms with Crippen molar-refractivity contribution in [2.75, 3.05) is 4.90 Å². The Labute approximate surface area is 283 Å². The molecule has 10 aromatic rings. The Morgan fingerprint density at radius 2 is 0.980 bits per heavy atom. The fraction of sp³-hybridized carbons (Fsp3) is 0. The van der Waals surface area contributed by atoms with Gasteiger partial charge in [0.2, 0.25) is 0 Å². The monoisotopic (exact) mass is 626 g/mol. The maximum Gasteiger partial charge on any atom is 0.143 e. The highest BCUT2D eigenvalue weighted by Crippen LogP contribution is 2.42. The number of rotatable bonds is 5. The first-order valence-electron chi connectivity index (χ1n) is 16.7. The van der Waals surface area contributed by atoms with E-state index in [1.54, 1.807) is 0 Å². The van der Waals surface area contributed by atoms with Crippen LogP contribution in [0.2, 0.25) is 0 Å². The van der Waals surface area contributed by atoms with Crippen molar-refractivity contribution in [1.82, 2.24) is 4.57 Å². The number of hydrogen-bond donors (Lipinski definition) is 0. The molecule has 0 amide bonds. The SMILES string of the molecule is c1ccc(-c2ccc(N(c3ccc4c(c3)oc3c5ccccc5ccc43)c3ccc4c5ccccc5n(-c5ccccc5)c4c3)cc2)cc1. The van der Waals surface area contributed by atoms with Gasteiger partial charge in [-0.3, -0.25) is 0 Å². The smallest absolute Gasteiger partial charge is 0.143 e. The molecule has 0 atom stereocenters. The number of nitrogens with zero attached hydrogens (tertiary/aromatic N) is 2. The minimum absolute atomic E-state index is 0.870. The van der Waals surface area contributed by atoms with Gasteiger partial charge in [0.25, 0.3) is 0 Å². The van der Waals surface area contributed by atoms with Crippen molar-refractivity contribution in [3.8, 4) is 16.8 Å². The summed E-state index contributed by atoms with van der Waals surface area (Å²) in [6, 6.07) is 64.9. The molecule has 0 fully saturated rings. The molecular formula is C46H30N2O. The quantitative estimate of drug-likeness (QED) is 0.190. The van der Waals surface area contributed by atoms with Crippen LogP contribution in [0.1, 0.15) is 0 Å². The van der Waals surface area contributed by atoms with E-state index in [9.17, 15) is 0 Å². The molecule has 49 heavy (non-hydrogen) atoms. The zero-order valence-electron chi connectivity index (χ0n) is 26.6. The number of aromatic nitrogens is 1. The van der Waals surface area contributed by atoms with E-state index in [0.29, 0.717) is 0 Å². The predicted octanol–water partition coefficient (Wildman–Crippen LogP) is 13.0. The standard InChI is InChI=1S/C46H30N2O/c1-3-11-31(12-4-1)32-19-22-35(23-20-32)47(37-25-28-41-42-26-21-33-13-7-8-16-38(33)46(42)49-45(41)30-37)36-24-27-40-39-17-9-10-18-43(39)48(44(40)29-36)34-14-5-2-6-15-34/h1-30H. The third kappa shape index (κ3) is 4.44. The fourth-order valence-corrected chi connectivity index (χ4v) is 7.47. The molecule has 10 rings (SSSR count).